The number of anilines is 9. The Balaban J connectivity index is 0.000000105. The molecule has 144 heavy (non-hydrogen) atoms. The number of benzene rings is 21. The first kappa shape index (κ1) is 82.5. The van der Waals surface area contributed by atoms with Crippen LogP contribution >= 0.6 is 0 Å². The number of rotatable bonds is 12. The molecule has 15 nitrogen and oxygen atoms in total. The SMILES string of the molecule is c1ccc(-c2nc(-c3ccc4c(c3)c3ccccc3n4-c3ccccc3)nc(N3c4ccccc4-c4cccc5cccc3c45)n2)cc1.c1ccc(-c2nc(-c3ccc4c5ccccc5n(-c5ccccc5)c4c3)nc(N3c4ccccc4-c4cccc5cccc3c45)n2)cc1.c1ccc(-c2nc(-c3cccc4c3c3ccccc3n4-c3ccccc3)nc(N3c4ccccc4-c4cccc5cccc3c45)n2)cc1. The third-order valence-corrected chi connectivity index (χ3v) is 28.1. The average Bonchev–Trinajstić information content (AvgIpc) is 1.68. The number of hydrogen-bond acceptors (Lipinski definition) is 12. The maximum atomic E-state index is 5.35. The van der Waals surface area contributed by atoms with Gasteiger partial charge in [0, 0.05) is 116 Å². The van der Waals surface area contributed by atoms with E-state index in [1.807, 2.05) is 54.6 Å². The lowest BCUT2D eigenvalue weighted by Gasteiger charge is -2.32. The van der Waals surface area contributed by atoms with Gasteiger partial charge in [-0.1, -0.05) is 370 Å². The van der Waals surface area contributed by atoms with Crippen molar-refractivity contribution in [1.29, 1.82) is 0 Å². The Labute approximate surface area is 827 Å². The zero-order valence-electron chi connectivity index (χ0n) is 77.5. The summed E-state index contributed by atoms with van der Waals surface area (Å²) in [4.78, 5) is 53.5. The Morgan fingerprint density at radius 3 is 0.840 bits per heavy atom. The van der Waals surface area contributed by atoms with Crippen molar-refractivity contribution in [2.24, 2.45) is 0 Å². The first-order chi connectivity index (χ1) is 71.5. The predicted octanol–water partition coefficient (Wildman–Crippen LogP) is 32.7. The summed E-state index contributed by atoms with van der Waals surface area (Å²) in [5.41, 5.74) is 29.2. The van der Waals surface area contributed by atoms with Crippen LogP contribution in [0.3, 0.4) is 0 Å². The topological polar surface area (TPSA) is 141 Å². The molecule has 0 atom stereocenters. The number of para-hydroxylation sites is 9. The summed E-state index contributed by atoms with van der Waals surface area (Å²) in [6, 6.07) is 172. The molecule has 30 rings (SSSR count). The number of hydrogen-bond donors (Lipinski definition) is 0. The van der Waals surface area contributed by atoms with Gasteiger partial charge in [0.25, 0.3) is 0 Å². The molecule has 9 heterocycles. The van der Waals surface area contributed by atoms with E-state index in [1.165, 1.54) is 65.2 Å². The van der Waals surface area contributed by atoms with E-state index in [1.54, 1.807) is 0 Å². The molecule has 27 aromatic rings. The fourth-order valence-corrected chi connectivity index (χ4v) is 21.8. The van der Waals surface area contributed by atoms with Crippen LogP contribution in [-0.2, 0) is 0 Å². The van der Waals surface area contributed by atoms with Crippen LogP contribution < -0.4 is 14.7 Å². The van der Waals surface area contributed by atoms with Crippen LogP contribution in [0.1, 0.15) is 0 Å². The molecule has 0 saturated heterocycles. The second-order valence-corrected chi connectivity index (χ2v) is 36.3. The number of aromatic nitrogens is 12. The Kier molecular flexibility index (Phi) is 19.6. The van der Waals surface area contributed by atoms with E-state index in [9.17, 15) is 0 Å². The van der Waals surface area contributed by atoms with Crippen molar-refractivity contribution in [3.05, 3.63) is 491 Å². The summed E-state index contributed by atoms with van der Waals surface area (Å²) in [6.07, 6.45) is 0. The van der Waals surface area contributed by atoms with E-state index in [0.29, 0.717) is 52.8 Å². The van der Waals surface area contributed by atoms with E-state index in [4.69, 9.17) is 44.9 Å². The van der Waals surface area contributed by atoms with Crippen molar-refractivity contribution < 1.29 is 0 Å². The molecule has 21 aromatic carbocycles. The standard InChI is InChI=1S/3C43H27N5/c1-3-13-29(14-4-1)41-44-42(30-25-26-38-35(27-30)33-20-8-9-22-36(33)47(38)31-17-5-2-6-18-31)46-43(45-41)48-37-23-10-7-19-32(37)34-21-11-15-28-16-12-24-39(48)40(28)34;1-3-14-29(15-4-1)41-44-42(34-23-13-27-38-40(34)33-21-8-10-25-36(33)47(38)30-18-5-2-6-19-30)46-43(45-41)48-35-24-9-7-20-31(35)32-22-11-16-28-17-12-26-37(48)39(28)32;1-3-13-29(14-4-1)41-44-42(30-25-26-34-32-19-7-9-22-36(32)47(39(34)27-30)31-17-5-2-6-18-31)46-43(45-41)48-37-23-10-8-20-33(37)35-21-11-15-28-16-12-24-38(48)40(28)35/h3*1-27H. The first-order valence-electron chi connectivity index (χ1n) is 48.4. The molecular weight excluding hydrogens is 1760 g/mol. The highest BCUT2D eigenvalue weighted by atomic mass is 15.3. The van der Waals surface area contributed by atoms with E-state index in [0.717, 1.165) is 151 Å². The lowest BCUT2D eigenvalue weighted by atomic mass is 9.91. The minimum atomic E-state index is 0.581. The van der Waals surface area contributed by atoms with Gasteiger partial charge in [0.2, 0.25) is 17.8 Å². The zero-order valence-corrected chi connectivity index (χ0v) is 77.5. The van der Waals surface area contributed by atoms with E-state index in [2.05, 4.69) is 465 Å². The third kappa shape index (κ3) is 13.7. The van der Waals surface area contributed by atoms with Gasteiger partial charge in [0.15, 0.2) is 34.9 Å². The fraction of sp³-hybridized carbons (Fsp3) is 0. The molecule has 3 aliphatic heterocycles. The maximum Gasteiger partial charge on any atom is 0.238 e. The van der Waals surface area contributed by atoms with Crippen LogP contribution in [0, 0.1) is 0 Å². The van der Waals surface area contributed by atoms with Crippen molar-refractivity contribution >= 4 is 150 Å². The molecule has 0 fully saturated rings. The number of nitrogens with zero attached hydrogens (tertiary/aromatic N) is 15. The van der Waals surface area contributed by atoms with Crippen molar-refractivity contribution in [2.45, 2.75) is 0 Å². The van der Waals surface area contributed by atoms with Crippen molar-refractivity contribution in [3.63, 3.8) is 0 Å². The van der Waals surface area contributed by atoms with Crippen molar-refractivity contribution in [2.75, 3.05) is 14.7 Å². The predicted molar refractivity (Wildman–Crippen MR) is 589 cm³/mol. The number of fused-ring (bicyclic) bond motifs is 15. The summed E-state index contributed by atoms with van der Waals surface area (Å²) in [5.74, 6) is 5.50. The summed E-state index contributed by atoms with van der Waals surface area (Å²) in [5, 5.41) is 14.1. The molecule has 0 saturated carbocycles. The summed E-state index contributed by atoms with van der Waals surface area (Å²) in [7, 11) is 0. The Bertz CT molecular complexity index is 9750. The van der Waals surface area contributed by atoms with E-state index < -0.39 is 0 Å². The molecule has 15 heteroatoms. The second-order valence-electron chi connectivity index (χ2n) is 36.3. The summed E-state index contributed by atoms with van der Waals surface area (Å²) < 4.78 is 6.98. The van der Waals surface area contributed by atoms with Gasteiger partial charge in [-0.25, -0.2) is 15.0 Å². The van der Waals surface area contributed by atoms with Crippen LogP contribution in [0.5, 0.6) is 0 Å². The third-order valence-electron chi connectivity index (χ3n) is 28.1. The van der Waals surface area contributed by atoms with Gasteiger partial charge >= 0.3 is 0 Å². The largest absolute Gasteiger partial charge is 0.309 e. The summed E-state index contributed by atoms with van der Waals surface area (Å²) in [6.45, 7) is 0. The lowest BCUT2D eigenvalue weighted by Crippen LogP contribution is -2.18. The zero-order chi connectivity index (χ0) is 94.8. The molecule has 6 aromatic heterocycles. The van der Waals surface area contributed by atoms with Crippen LogP contribution in [-0.4, -0.2) is 58.6 Å². The van der Waals surface area contributed by atoms with Crippen molar-refractivity contribution in [1.82, 2.24) is 58.6 Å². The molecule has 0 unspecified atom stereocenters. The van der Waals surface area contributed by atoms with E-state index in [-0.39, 0.29) is 0 Å². The molecule has 0 N–H and O–H groups in total. The average molecular weight is 1840 g/mol. The van der Waals surface area contributed by atoms with Crippen LogP contribution in [0.2, 0.25) is 0 Å². The Hall–Kier alpha value is -19.8. The molecule has 672 valence electrons. The van der Waals surface area contributed by atoms with Crippen LogP contribution in [0.4, 0.5) is 52.0 Å². The minimum Gasteiger partial charge on any atom is -0.309 e. The molecule has 0 amide bonds. The van der Waals surface area contributed by atoms with Gasteiger partial charge in [-0.05, 0) is 154 Å². The Morgan fingerprint density at radius 2 is 0.410 bits per heavy atom. The van der Waals surface area contributed by atoms with Crippen molar-refractivity contribution in [3.8, 4) is 119 Å². The molecular formula is C129H81N15. The molecule has 0 radical (unpaired) electrons. The highest BCUT2D eigenvalue weighted by molar-refractivity contribution is 6.19. The van der Waals surface area contributed by atoms with Gasteiger partial charge in [-0.15, -0.1) is 0 Å². The van der Waals surface area contributed by atoms with Gasteiger partial charge in [-0.2, -0.15) is 29.9 Å². The fourth-order valence-electron chi connectivity index (χ4n) is 21.8. The maximum absolute atomic E-state index is 5.35. The van der Waals surface area contributed by atoms with Crippen LogP contribution in [0.25, 0.3) is 217 Å². The second kappa shape index (κ2) is 34.1. The first-order valence-corrected chi connectivity index (χ1v) is 48.4. The lowest BCUT2D eigenvalue weighted by molar-refractivity contribution is 1.02. The monoisotopic (exact) mass is 1840 g/mol. The molecule has 0 bridgehead atoms. The van der Waals surface area contributed by atoms with Crippen LogP contribution in [0.15, 0.2) is 491 Å². The molecule has 3 aliphatic rings. The normalized spacial score (nSPS) is 12.1. The van der Waals surface area contributed by atoms with Gasteiger partial charge in [-0.3, -0.25) is 14.7 Å². The Morgan fingerprint density at radius 1 is 0.139 bits per heavy atom. The highest BCUT2D eigenvalue weighted by Crippen LogP contribution is 2.55. The molecule has 0 spiro atoms. The van der Waals surface area contributed by atoms with Gasteiger partial charge in [0.05, 0.1) is 67.2 Å². The van der Waals surface area contributed by atoms with E-state index >= 15 is 0 Å². The molecule has 0 aliphatic carbocycles. The van der Waals surface area contributed by atoms with Gasteiger partial charge < -0.3 is 13.7 Å². The highest BCUT2D eigenvalue weighted by Gasteiger charge is 2.34. The quantitative estimate of drug-likeness (QED) is 0.115. The smallest absolute Gasteiger partial charge is 0.238 e. The van der Waals surface area contributed by atoms with Gasteiger partial charge in [0.1, 0.15) is 0 Å². The summed E-state index contributed by atoms with van der Waals surface area (Å²) >= 11 is 0. The minimum absolute atomic E-state index is 0.581.